The van der Waals surface area contributed by atoms with Gasteiger partial charge in [0, 0.05) is 18.0 Å². The predicted octanol–water partition coefficient (Wildman–Crippen LogP) is 2.71. The Morgan fingerprint density at radius 1 is 1.48 bits per heavy atom. The van der Waals surface area contributed by atoms with Crippen molar-refractivity contribution in [2.45, 2.75) is 32.6 Å². The number of piperidine rings is 1. The van der Waals surface area contributed by atoms with Crippen molar-refractivity contribution in [2.75, 3.05) is 19.7 Å². The maximum Gasteiger partial charge on any atom is 0.248 e. The number of benzene rings is 1. The van der Waals surface area contributed by atoms with Crippen LogP contribution < -0.4 is 15.8 Å². The van der Waals surface area contributed by atoms with E-state index in [1.54, 1.807) is 6.07 Å². The number of rotatable bonds is 5. The Morgan fingerprint density at radius 3 is 2.81 bits per heavy atom. The van der Waals surface area contributed by atoms with Gasteiger partial charge in [0.15, 0.2) is 0 Å². The molecule has 0 saturated carbocycles. The lowest BCUT2D eigenvalue weighted by Gasteiger charge is -2.23. The number of primary amides is 1. The minimum atomic E-state index is -0.378. The number of nitrogens with two attached hydrogens (primary N) is 1. The van der Waals surface area contributed by atoms with Crippen LogP contribution in [-0.2, 0) is 0 Å². The minimum Gasteiger partial charge on any atom is -0.493 e. The molecule has 118 valence electrons. The van der Waals surface area contributed by atoms with Gasteiger partial charge in [0.1, 0.15) is 5.75 Å². The zero-order valence-electron chi connectivity index (χ0n) is 12.7. The summed E-state index contributed by atoms with van der Waals surface area (Å²) in [6, 6.07) is 5.55. The van der Waals surface area contributed by atoms with E-state index in [1.807, 2.05) is 12.1 Å². The Labute approximate surface area is 132 Å². The lowest BCUT2D eigenvalue weighted by atomic mass is 9.96. The molecule has 0 radical (unpaired) electrons. The molecule has 1 amide bonds. The van der Waals surface area contributed by atoms with Crippen molar-refractivity contribution in [3.63, 3.8) is 0 Å². The second-order valence-corrected chi connectivity index (χ2v) is 5.79. The van der Waals surface area contributed by atoms with E-state index in [4.69, 9.17) is 10.5 Å². The molecule has 1 saturated heterocycles. The van der Waals surface area contributed by atoms with Crippen LogP contribution in [-0.4, -0.2) is 25.6 Å². The maximum atomic E-state index is 11.4. The van der Waals surface area contributed by atoms with E-state index in [1.165, 1.54) is 12.8 Å². The van der Waals surface area contributed by atoms with E-state index in [2.05, 4.69) is 19.2 Å². The van der Waals surface area contributed by atoms with Crippen molar-refractivity contribution in [3.8, 4) is 5.75 Å². The molecule has 3 N–H and O–H groups in total. The standard InChI is InChI=1S/C16H24N2O2.ClH/c1-11(2)15-8-13(5-6-14(15)16(17)19)20-10-12-4-3-7-18-9-12;/h5-6,8,11-12,18H,3-4,7,9-10H2,1-2H3,(H2,17,19);1H. The van der Waals surface area contributed by atoms with Gasteiger partial charge in [0.2, 0.25) is 5.91 Å². The van der Waals surface area contributed by atoms with Gasteiger partial charge in [0.05, 0.1) is 6.61 Å². The fourth-order valence-corrected chi connectivity index (χ4v) is 2.61. The molecule has 21 heavy (non-hydrogen) atoms. The lowest BCUT2D eigenvalue weighted by molar-refractivity contribution is 0.0999. The van der Waals surface area contributed by atoms with Crippen LogP contribution in [0.2, 0.25) is 0 Å². The largest absolute Gasteiger partial charge is 0.493 e. The molecule has 1 fully saturated rings. The molecular weight excluding hydrogens is 288 g/mol. The monoisotopic (exact) mass is 312 g/mol. The van der Waals surface area contributed by atoms with Crippen LogP contribution in [0, 0.1) is 5.92 Å². The molecule has 1 atom stereocenters. The van der Waals surface area contributed by atoms with Gasteiger partial charge in [-0.3, -0.25) is 4.79 Å². The molecule has 1 aromatic rings. The van der Waals surface area contributed by atoms with Gasteiger partial charge >= 0.3 is 0 Å². The van der Waals surface area contributed by atoms with Crippen LogP contribution in [0.4, 0.5) is 0 Å². The molecule has 1 aliphatic rings. The third-order valence-corrected chi connectivity index (χ3v) is 3.80. The zero-order valence-corrected chi connectivity index (χ0v) is 13.5. The molecular formula is C16H25ClN2O2. The predicted molar refractivity (Wildman–Crippen MR) is 87.4 cm³/mol. The van der Waals surface area contributed by atoms with Gasteiger partial charge in [-0.25, -0.2) is 0 Å². The Hall–Kier alpha value is -1.26. The maximum absolute atomic E-state index is 11.4. The number of nitrogens with one attached hydrogen (secondary N) is 1. The van der Waals surface area contributed by atoms with E-state index in [9.17, 15) is 4.79 Å². The first kappa shape index (κ1) is 17.8. The fourth-order valence-electron chi connectivity index (χ4n) is 2.61. The first-order valence-electron chi connectivity index (χ1n) is 7.35. The van der Waals surface area contributed by atoms with E-state index in [0.717, 1.165) is 31.0 Å². The van der Waals surface area contributed by atoms with Crippen molar-refractivity contribution in [3.05, 3.63) is 29.3 Å². The summed E-state index contributed by atoms with van der Waals surface area (Å²) in [5, 5.41) is 3.38. The number of hydrogen-bond donors (Lipinski definition) is 2. The van der Waals surface area contributed by atoms with E-state index in [-0.39, 0.29) is 24.2 Å². The molecule has 4 nitrogen and oxygen atoms in total. The van der Waals surface area contributed by atoms with Crippen molar-refractivity contribution in [2.24, 2.45) is 11.7 Å². The highest BCUT2D eigenvalue weighted by Gasteiger charge is 2.15. The van der Waals surface area contributed by atoms with Crippen LogP contribution in [0.25, 0.3) is 0 Å². The van der Waals surface area contributed by atoms with Crippen molar-refractivity contribution < 1.29 is 9.53 Å². The smallest absolute Gasteiger partial charge is 0.248 e. The fraction of sp³-hybridized carbons (Fsp3) is 0.562. The van der Waals surface area contributed by atoms with Crippen LogP contribution >= 0.6 is 12.4 Å². The molecule has 5 heteroatoms. The number of halogens is 1. The summed E-state index contributed by atoms with van der Waals surface area (Å²) in [6.45, 7) is 6.96. The summed E-state index contributed by atoms with van der Waals surface area (Å²) in [5.41, 5.74) is 6.95. The van der Waals surface area contributed by atoms with Crippen molar-refractivity contribution in [1.82, 2.24) is 5.32 Å². The van der Waals surface area contributed by atoms with E-state index < -0.39 is 0 Å². The third-order valence-electron chi connectivity index (χ3n) is 3.80. The summed E-state index contributed by atoms with van der Waals surface area (Å²) in [4.78, 5) is 11.4. The summed E-state index contributed by atoms with van der Waals surface area (Å²) in [6.07, 6.45) is 2.43. The molecule has 0 spiro atoms. The van der Waals surface area contributed by atoms with Gasteiger partial charge in [-0.1, -0.05) is 13.8 Å². The van der Waals surface area contributed by atoms with E-state index in [0.29, 0.717) is 11.5 Å². The Morgan fingerprint density at radius 2 is 2.24 bits per heavy atom. The normalized spacial score (nSPS) is 18.1. The van der Waals surface area contributed by atoms with Gasteiger partial charge < -0.3 is 15.8 Å². The van der Waals surface area contributed by atoms with Gasteiger partial charge in [-0.15, -0.1) is 12.4 Å². The number of carbonyl (C=O) groups is 1. The summed E-state index contributed by atoms with van der Waals surface area (Å²) in [7, 11) is 0. The average molecular weight is 313 g/mol. The molecule has 0 aliphatic carbocycles. The topological polar surface area (TPSA) is 64.3 Å². The van der Waals surface area contributed by atoms with Gasteiger partial charge in [-0.05, 0) is 49.1 Å². The van der Waals surface area contributed by atoms with Crippen LogP contribution in [0.5, 0.6) is 5.75 Å². The number of carbonyl (C=O) groups excluding carboxylic acids is 1. The quantitative estimate of drug-likeness (QED) is 0.878. The third kappa shape index (κ3) is 4.90. The van der Waals surface area contributed by atoms with Crippen molar-refractivity contribution in [1.29, 1.82) is 0 Å². The van der Waals surface area contributed by atoms with Gasteiger partial charge in [0.25, 0.3) is 0 Å². The Balaban J connectivity index is 0.00000220. The molecule has 0 aromatic heterocycles. The summed E-state index contributed by atoms with van der Waals surface area (Å²) >= 11 is 0. The number of ether oxygens (including phenoxy) is 1. The van der Waals surface area contributed by atoms with Crippen LogP contribution in [0.15, 0.2) is 18.2 Å². The first-order valence-corrected chi connectivity index (χ1v) is 7.35. The molecule has 1 heterocycles. The molecule has 2 rings (SSSR count). The second kappa shape index (κ2) is 8.25. The van der Waals surface area contributed by atoms with Gasteiger partial charge in [-0.2, -0.15) is 0 Å². The summed E-state index contributed by atoms with van der Waals surface area (Å²) < 4.78 is 5.88. The SMILES string of the molecule is CC(C)c1cc(OCC2CCCNC2)ccc1C(N)=O.Cl. The van der Waals surface area contributed by atoms with Crippen LogP contribution in [0.3, 0.4) is 0 Å². The first-order chi connectivity index (χ1) is 9.58. The Bertz CT molecular complexity index is 471. The molecule has 1 aromatic carbocycles. The number of hydrogen-bond acceptors (Lipinski definition) is 3. The highest BCUT2D eigenvalue weighted by atomic mass is 35.5. The van der Waals surface area contributed by atoms with E-state index >= 15 is 0 Å². The average Bonchev–Trinajstić information content (AvgIpc) is 2.45. The summed E-state index contributed by atoms with van der Waals surface area (Å²) in [5.74, 6) is 1.26. The molecule has 0 bridgehead atoms. The molecule has 1 aliphatic heterocycles. The number of amides is 1. The lowest BCUT2D eigenvalue weighted by Crippen LogP contribution is -2.33. The second-order valence-electron chi connectivity index (χ2n) is 5.79. The highest BCUT2D eigenvalue weighted by Crippen LogP contribution is 2.25. The Kier molecular flexibility index (Phi) is 6.99. The van der Waals surface area contributed by atoms with Crippen molar-refractivity contribution >= 4 is 18.3 Å². The molecule has 1 unspecified atom stereocenters. The minimum absolute atomic E-state index is 0. The zero-order chi connectivity index (χ0) is 14.5. The highest BCUT2D eigenvalue weighted by molar-refractivity contribution is 5.94. The van der Waals surface area contributed by atoms with Crippen LogP contribution in [0.1, 0.15) is 48.5 Å².